The Bertz CT molecular complexity index is 262. The Balaban J connectivity index is 2.28. The van der Waals surface area contributed by atoms with Crippen LogP contribution in [0.3, 0.4) is 0 Å². The van der Waals surface area contributed by atoms with Crippen molar-refractivity contribution in [1.82, 2.24) is 0 Å². The predicted octanol–water partition coefficient (Wildman–Crippen LogP) is 3.46. The molecule has 0 aliphatic heterocycles. The van der Waals surface area contributed by atoms with E-state index in [0.717, 1.165) is 23.6 Å². The Morgan fingerprint density at radius 1 is 1.46 bits per heavy atom. The van der Waals surface area contributed by atoms with Gasteiger partial charge in [-0.3, -0.25) is 0 Å². The summed E-state index contributed by atoms with van der Waals surface area (Å²) in [5.74, 6) is 0. The molecule has 3 heteroatoms. The molecule has 0 unspecified atom stereocenters. The molecule has 1 aromatic heterocycles. The lowest BCUT2D eigenvalue weighted by Crippen LogP contribution is -2.31. The molecule has 0 amide bonds. The van der Waals surface area contributed by atoms with Crippen LogP contribution >= 0.6 is 22.9 Å². The highest BCUT2D eigenvalue weighted by Gasteiger charge is 2.09. The topological polar surface area (TPSA) is 26.0 Å². The molecule has 0 aromatic carbocycles. The largest absolute Gasteiger partial charge is 0.326 e. The van der Waals surface area contributed by atoms with Crippen LogP contribution in [0.5, 0.6) is 0 Å². The first-order valence-corrected chi connectivity index (χ1v) is 5.70. The maximum Gasteiger partial charge on any atom is 0.0931 e. The molecule has 0 radical (unpaired) electrons. The molecule has 13 heavy (non-hydrogen) atoms. The molecular weight excluding hydrogens is 202 g/mol. The van der Waals surface area contributed by atoms with Gasteiger partial charge < -0.3 is 5.73 Å². The van der Waals surface area contributed by atoms with Crippen LogP contribution in [0.15, 0.2) is 12.1 Å². The third-order valence-corrected chi connectivity index (χ3v) is 3.16. The average molecular weight is 218 g/mol. The Kier molecular flexibility index (Phi) is 3.77. The predicted molar refractivity (Wildman–Crippen MR) is 60.5 cm³/mol. The van der Waals surface area contributed by atoms with E-state index < -0.39 is 0 Å². The fourth-order valence-electron chi connectivity index (χ4n) is 1.20. The van der Waals surface area contributed by atoms with Gasteiger partial charge in [0, 0.05) is 10.4 Å². The van der Waals surface area contributed by atoms with Crippen LogP contribution in [0, 0.1) is 0 Å². The van der Waals surface area contributed by atoms with E-state index in [9.17, 15) is 0 Å². The summed E-state index contributed by atoms with van der Waals surface area (Å²) in [5, 5.41) is 0. The molecule has 0 atom stereocenters. The Morgan fingerprint density at radius 2 is 2.15 bits per heavy atom. The van der Waals surface area contributed by atoms with Crippen molar-refractivity contribution in [3.63, 3.8) is 0 Å². The van der Waals surface area contributed by atoms with E-state index in [2.05, 4.69) is 19.9 Å². The summed E-state index contributed by atoms with van der Waals surface area (Å²) < 4.78 is 0.877. The zero-order chi connectivity index (χ0) is 9.90. The van der Waals surface area contributed by atoms with E-state index in [-0.39, 0.29) is 5.54 Å². The third-order valence-electron chi connectivity index (χ3n) is 1.87. The van der Waals surface area contributed by atoms with Gasteiger partial charge >= 0.3 is 0 Å². The van der Waals surface area contributed by atoms with Crippen LogP contribution in [0.2, 0.25) is 4.34 Å². The zero-order valence-corrected chi connectivity index (χ0v) is 9.71. The molecule has 2 N–H and O–H groups in total. The van der Waals surface area contributed by atoms with Crippen LogP contribution < -0.4 is 5.73 Å². The normalized spacial score (nSPS) is 12.0. The molecule has 0 bridgehead atoms. The lowest BCUT2D eigenvalue weighted by atomic mass is 9.99. The third kappa shape index (κ3) is 4.65. The Labute approximate surface area is 88.9 Å². The van der Waals surface area contributed by atoms with E-state index in [1.807, 2.05) is 6.07 Å². The lowest BCUT2D eigenvalue weighted by molar-refractivity contribution is 0.460. The maximum absolute atomic E-state index is 5.88. The van der Waals surface area contributed by atoms with E-state index in [1.165, 1.54) is 4.88 Å². The highest BCUT2D eigenvalue weighted by atomic mass is 35.5. The van der Waals surface area contributed by atoms with Gasteiger partial charge in [-0.1, -0.05) is 11.6 Å². The van der Waals surface area contributed by atoms with Crippen molar-refractivity contribution >= 4 is 22.9 Å². The van der Waals surface area contributed by atoms with E-state index in [4.69, 9.17) is 17.3 Å². The van der Waals surface area contributed by atoms with Gasteiger partial charge in [0.15, 0.2) is 0 Å². The quantitative estimate of drug-likeness (QED) is 0.822. The van der Waals surface area contributed by atoms with Crippen molar-refractivity contribution in [2.75, 3.05) is 0 Å². The summed E-state index contributed by atoms with van der Waals surface area (Å²) in [6, 6.07) is 4.05. The van der Waals surface area contributed by atoms with Crippen molar-refractivity contribution in [3.8, 4) is 0 Å². The van der Waals surface area contributed by atoms with E-state index in [0.29, 0.717) is 0 Å². The van der Waals surface area contributed by atoms with Gasteiger partial charge in [0.05, 0.1) is 4.34 Å². The molecule has 0 saturated carbocycles. The summed E-state index contributed by atoms with van der Waals surface area (Å²) in [6.45, 7) is 4.13. The van der Waals surface area contributed by atoms with Crippen molar-refractivity contribution in [3.05, 3.63) is 21.3 Å². The molecule has 0 saturated heterocycles. The fourth-order valence-corrected chi connectivity index (χ4v) is 2.33. The SMILES string of the molecule is CC(C)(N)CCCc1ccc(Cl)s1. The van der Waals surface area contributed by atoms with Crippen LogP contribution in [0.4, 0.5) is 0 Å². The Hall–Kier alpha value is -0.0500. The minimum absolute atomic E-state index is 0.0406. The first-order chi connectivity index (χ1) is 5.97. The second-order valence-electron chi connectivity index (χ2n) is 4.05. The van der Waals surface area contributed by atoms with Crippen LogP contribution in [-0.2, 0) is 6.42 Å². The van der Waals surface area contributed by atoms with Gasteiger partial charge in [-0.05, 0) is 45.2 Å². The molecular formula is C10H16ClNS. The van der Waals surface area contributed by atoms with Gasteiger partial charge in [0.1, 0.15) is 0 Å². The number of nitrogens with two attached hydrogens (primary N) is 1. The second-order valence-corrected chi connectivity index (χ2v) is 5.85. The van der Waals surface area contributed by atoms with E-state index in [1.54, 1.807) is 11.3 Å². The molecule has 1 aromatic rings. The molecule has 1 rings (SSSR count). The summed E-state index contributed by atoms with van der Waals surface area (Å²) in [6.07, 6.45) is 3.29. The fraction of sp³-hybridized carbons (Fsp3) is 0.600. The molecule has 0 aliphatic carbocycles. The first-order valence-electron chi connectivity index (χ1n) is 4.50. The van der Waals surface area contributed by atoms with Crippen LogP contribution in [0.25, 0.3) is 0 Å². The van der Waals surface area contributed by atoms with Crippen molar-refractivity contribution < 1.29 is 0 Å². The molecule has 74 valence electrons. The molecule has 1 heterocycles. The van der Waals surface area contributed by atoms with Gasteiger partial charge in [-0.15, -0.1) is 11.3 Å². The lowest BCUT2D eigenvalue weighted by Gasteiger charge is -2.17. The molecule has 1 nitrogen and oxygen atoms in total. The summed E-state index contributed by atoms with van der Waals surface area (Å²) in [4.78, 5) is 1.36. The molecule has 0 aliphatic rings. The van der Waals surface area contributed by atoms with Gasteiger partial charge in [0.25, 0.3) is 0 Å². The molecule has 0 spiro atoms. The first kappa shape index (κ1) is 11.0. The van der Waals surface area contributed by atoms with Gasteiger partial charge in [-0.2, -0.15) is 0 Å². The van der Waals surface area contributed by atoms with Gasteiger partial charge in [0.2, 0.25) is 0 Å². The van der Waals surface area contributed by atoms with Crippen LogP contribution in [-0.4, -0.2) is 5.54 Å². The summed E-state index contributed by atoms with van der Waals surface area (Å²) in [7, 11) is 0. The number of halogens is 1. The number of thiophene rings is 1. The monoisotopic (exact) mass is 217 g/mol. The number of hydrogen-bond donors (Lipinski definition) is 1. The number of hydrogen-bond acceptors (Lipinski definition) is 2. The van der Waals surface area contributed by atoms with Crippen LogP contribution in [0.1, 0.15) is 31.6 Å². The minimum atomic E-state index is -0.0406. The average Bonchev–Trinajstić information content (AvgIpc) is 2.33. The summed E-state index contributed by atoms with van der Waals surface area (Å²) in [5.41, 5.74) is 5.84. The van der Waals surface area contributed by atoms with Gasteiger partial charge in [-0.25, -0.2) is 0 Å². The second kappa shape index (κ2) is 4.45. The highest BCUT2D eigenvalue weighted by molar-refractivity contribution is 7.16. The number of aryl methyl sites for hydroxylation is 1. The minimum Gasteiger partial charge on any atom is -0.326 e. The maximum atomic E-state index is 5.88. The zero-order valence-electron chi connectivity index (χ0n) is 8.14. The Morgan fingerprint density at radius 3 is 2.62 bits per heavy atom. The smallest absolute Gasteiger partial charge is 0.0931 e. The highest BCUT2D eigenvalue weighted by Crippen LogP contribution is 2.23. The standard InChI is InChI=1S/C10H16ClNS/c1-10(2,12)7-3-4-8-5-6-9(11)13-8/h5-6H,3-4,7,12H2,1-2H3. The van der Waals surface area contributed by atoms with Crippen molar-refractivity contribution in [2.45, 2.75) is 38.6 Å². The van der Waals surface area contributed by atoms with Crippen molar-refractivity contribution in [1.29, 1.82) is 0 Å². The number of rotatable bonds is 4. The molecule has 0 fully saturated rings. The van der Waals surface area contributed by atoms with E-state index >= 15 is 0 Å². The summed E-state index contributed by atoms with van der Waals surface area (Å²) >= 11 is 7.49. The van der Waals surface area contributed by atoms with Crippen molar-refractivity contribution in [2.24, 2.45) is 5.73 Å².